The van der Waals surface area contributed by atoms with Crippen molar-refractivity contribution >= 4 is 14.3 Å². The molecule has 12 heteroatoms. The highest BCUT2D eigenvalue weighted by molar-refractivity contribution is 6.74. The van der Waals surface area contributed by atoms with Crippen LogP contribution in [0.3, 0.4) is 0 Å². The summed E-state index contributed by atoms with van der Waals surface area (Å²) in [5.41, 5.74) is -0.674. The van der Waals surface area contributed by atoms with Crippen molar-refractivity contribution in [2.75, 3.05) is 20.5 Å². The van der Waals surface area contributed by atoms with Crippen LogP contribution in [-0.4, -0.2) is 58.9 Å². The van der Waals surface area contributed by atoms with Crippen LogP contribution in [0, 0.1) is 25.7 Å². The van der Waals surface area contributed by atoms with Crippen LogP contribution < -0.4 is 0 Å². The van der Waals surface area contributed by atoms with Gasteiger partial charge in [-0.05, 0) is 104 Å². The fraction of sp³-hybridized carbons (Fsp3) is 0.615. The summed E-state index contributed by atoms with van der Waals surface area (Å²) in [4.78, 5) is 12.5. The number of esters is 1. The van der Waals surface area contributed by atoms with Crippen LogP contribution >= 0.6 is 0 Å². The van der Waals surface area contributed by atoms with Crippen LogP contribution in [0.25, 0.3) is 0 Å². The van der Waals surface area contributed by atoms with Gasteiger partial charge >= 0.3 is 23.9 Å². The zero-order valence-electron chi connectivity index (χ0n) is 31.8. The van der Waals surface area contributed by atoms with Crippen molar-refractivity contribution in [3.63, 3.8) is 0 Å². The smallest absolute Gasteiger partial charge is 0.438 e. The second-order valence-corrected chi connectivity index (χ2v) is 19.2. The fourth-order valence-electron chi connectivity index (χ4n) is 5.93. The van der Waals surface area contributed by atoms with E-state index < -0.39 is 38.5 Å². The molecule has 0 saturated carbocycles. The minimum absolute atomic E-state index is 0.0163. The lowest BCUT2D eigenvalue weighted by Gasteiger charge is -2.39. The SMILES string of the molecule is CCOC(=O)C[C@H](CCc1ccc(C(CC)(CC)c2ccc(C#CC(OCOC)(C(F)(F)F)C(F)(F)F)c(C)c2)cc1C)O[Si](C)(C)C(C)(C)C. The van der Waals surface area contributed by atoms with E-state index in [1.54, 1.807) is 26.0 Å². The number of alkyl halides is 6. The second kappa shape index (κ2) is 17.3. The molecule has 0 aliphatic heterocycles. The van der Waals surface area contributed by atoms with E-state index in [1.807, 2.05) is 20.8 Å². The predicted molar refractivity (Wildman–Crippen MR) is 190 cm³/mol. The monoisotopic (exact) mass is 744 g/mol. The lowest BCUT2D eigenvalue weighted by Crippen LogP contribution is -2.58. The van der Waals surface area contributed by atoms with Gasteiger partial charge in [0.25, 0.3) is 0 Å². The molecular weight excluding hydrogens is 690 g/mol. The molecule has 0 unspecified atom stereocenters. The van der Waals surface area contributed by atoms with Crippen LogP contribution in [0.4, 0.5) is 26.3 Å². The fourth-order valence-corrected chi connectivity index (χ4v) is 7.32. The highest BCUT2D eigenvalue weighted by Crippen LogP contribution is 2.46. The Hall–Kier alpha value is -2.85. The van der Waals surface area contributed by atoms with Gasteiger partial charge in [0.05, 0.1) is 19.1 Å². The van der Waals surface area contributed by atoms with E-state index in [0.717, 1.165) is 29.4 Å². The lowest BCUT2D eigenvalue weighted by molar-refractivity contribution is -0.368. The minimum atomic E-state index is -5.87. The van der Waals surface area contributed by atoms with Crippen molar-refractivity contribution in [1.82, 2.24) is 0 Å². The van der Waals surface area contributed by atoms with Crippen molar-refractivity contribution < 1.29 is 49.8 Å². The number of rotatable bonds is 15. The first-order valence-corrected chi connectivity index (χ1v) is 20.2. The first-order chi connectivity index (χ1) is 23.4. The number of carbonyl (C=O) groups excluding carboxylic acids is 1. The molecule has 286 valence electrons. The Labute approximate surface area is 300 Å². The molecule has 0 N–H and O–H groups in total. The Kier molecular flexibility index (Phi) is 15.0. The molecule has 0 aliphatic carbocycles. The third kappa shape index (κ3) is 10.4. The maximum Gasteiger partial charge on any atom is 0.438 e. The molecule has 0 amide bonds. The van der Waals surface area contributed by atoms with Crippen LogP contribution in [0.2, 0.25) is 18.1 Å². The predicted octanol–water partition coefficient (Wildman–Crippen LogP) is 10.5. The molecule has 2 aromatic rings. The molecule has 0 spiro atoms. The molecule has 0 aliphatic rings. The molecular formula is C39H54F6O5Si. The van der Waals surface area contributed by atoms with E-state index in [1.165, 1.54) is 12.0 Å². The summed E-state index contributed by atoms with van der Waals surface area (Å²) in [6.45, 7) is 19.4. The van der Waals surface area contributed by atoms with E-state index in [9.17, 15) is 31.1 Å². The summed E-state index contributed by atoms with van der Waals surface area (Å²) in [6.07, 6.45) is -9.14. The van der Waals surface area contributed by atoms with Gasteiger partial charge in [-0.3, -0.25) is 4.79 Å². The summed E-state index contributed by atoms with van der Waals surface area (Å²) in [6, 6.07) is 11.2. The Bertz CT molecular complexity index is 1510. The quantitative estimate of drug-likeness (QED) is 0.0598. The average molecular weight is 745 g/mol. The van der Waals surface area contributed by atoms with Gasteiger partial charge < -0.3 is 18.6 Å². The Balaban J connectivity index is 2.48. The first kappa shape index (κ1) is 44.3. The second-order valence-electron chi connectivity index (χ2n) is 14.5. The Morgan fingerprint density at radius 3 is 1.86 bits per heavy atom. The van der Waals surface area contributed by atoms with Crippen LogP contribution in [-0.2, 0) is 35.3 Å². The van der Waals surface area contributed by atoms with Crippen molar-refractivity contribution in [2.45, 2.75) is 135 Å². The van der Waals surface area contributed by atoms with Gasteiger partial charge in [0.2, 0.25) is 0 Å². The third-order valence-corrected chi connectivity index (χ3v) is 14.7. The highest BCUT2D eigenvalue weighted by atomic mass is 28.4. The number of halogens is 6. The normalized spacial score (nSPS) is 13.8. The molecule has 0 radical (unpaired) electrons. The van der Waals surface area contributed by atoms with E-state index in [0.29, 0.717) is 37.9 Å². The van der Waals surface area contributed by atoms with Gasteiger partial charge in [-0.15, -0.1) is 0 Å². The van der Waals surface area contributed by atoms with E-state index in [-0.39, 0.29) is 29.1 Å². The molecule has 0 bridgehead atoms. The number of hydrogen-bond donors (Lipinski definition) is 0. The van der Waals surface area contributed by atoms with Crippen molar-refractivity contribution in [3.8, 4) is 11.8 Å². The van der Waals surface area contributed by atoms with Crippen LogP contribution in [0.5, 0.6) is 0 Å². The minimum Gasteiger partial charge on any atom is -0.466 e. The number of benzene rings is 2. The molecule has 2 aromatic carbocycles. The Morgan fingerprint density at radius 1 is 0.863 bits per heavy atom. The number of hydrogen-bond acceptors (Lipinski definition) is 5. The number of ether oxygens (including phenoxy) is 3. The van der Waals surface area contributed by atoms with E-state index in [4.69, 9.17) is 9.16 Å². The topological polar surface area (TPSA) is 54.0 Å². The number of methoxy groups -OCH3 is 1. The summed E-state index contributed by atoms with van der Waals surface area (Å²) in [7, 11) is -1.24. The molecule has 51 heavy (non-hydrogen) atoms. The zero-order valence-corrected chi connectivity index (χ0v) is 32.8. The molecule has 5 nitrogen and oxygen atoms in total. The average Bonchev–Trinajstić information content (AvgIpc) is 3.00. The van der Waals surface area contributed by atoms with Gasteiger partial charge in [0, 0.05) is 18.1 Å². The summed E-state index contributed by atoms with van der Waals surface area (Å²) in [5.74, 6) is 3.18. The van der Waals surface area contributed by atoms with E-state index in [2.05, 4.69) is 67.5 Å². The summed E-state index contributed by atoms with van der Waals surface area (Å²) >= 11 is 0. The van der Waals surface area contributed by atoms with Gasteiger partial charge in [0.1, 0.15) is 6.79 Å². The van der Waals surface area contributed by atoms with Crippen molar-refractivity contribution in [3.05, 3.63) is 69.8 Å². The number of aryl methyl sites for hydroxylation is 3. The van der Waals surface area contributed by atoms with Crippen LogP contribution in [0.1, 0.15) is 101 Å². The Morgan fingerprint density at radius 2 is 1.41 bits per heavy atom. The molecule has 1 atom stereocenters. The summed E-state index contributed by atoms with van der Waals surface area (Å²) < 4.78 is 103. The third-order valence-electron chi connectivity index (χ3n) is 10.1. The van der Waals surface area contributed by atoms with Crippen molar-refractivity contribution in [1.29, 1.82) is 0 Å². The first-order valence-electron chi connectivity index (χ1n) is 17.3. The maximum atomic E-state index is 13.8. The largest absolute Gasteiger partial charge is 0.466 e. The zero-order chi connectivity index (χ0) is 39.1. The van der Waals surface area contributed by atoms with Gasteiger partial charge in [-0.1, -0.05) is 70.9 Å². The highest BCUT2D eigenvalue weighted by Gasteiger charge is 2.72. The molecule has 0 saturated heterocycles. The molecule has 0 heterocycles. The molecule has 0 aromatic heterocycles. The van der Waals surface area contributed by atoms with E-state index >= 15 is 0 Å². The molecule has 2 rings (SSSR count). The standard InChI is InChI=1S/C39H54F6O5Si/c1-12-36(13-2,32-19-16-30(28(5)24-32)21-22-37(38(40,41)42,39(43,44)45)49-26-47-9)31-18-15-29(27(4)23-31)17-20-33(25-34(46)48-14-3)50-51(10,11)35(6,7)8/h15-16,18-19,23-24,33H,12-14,17,20,25-26H2,1-11H3/t33-/m0/s1. The van der Waals surface area contributed by atoms with Gasteiger partial charge in [-0.2, -0.15) is 26.3 Å². The van der Waals surface area contributed by atoms with Gasteiger partial charge in [0.15, 0.2) is 8.32 Å². The number of carbonyl (C=O) groups is 1. The lowest BCUT2D eigenvalue weighted by atomic mass is 9.69. The van der Waals surface area contributed by atoms with Crippen LogP contribution in [0.15, 0.2) is 36.4 Å². The van der Waals surface area contributed by atoms with Crippen molar-refractivity contribution in [2.24, 2.45) is 0 Å². The maximum absolute atomic E-state index is 13.8. The molecule has 0 fully saturated rings. The summed E-state index contributed by atoms with van der Waals surface area (Å²) in [5, 5.41) is -0.0283. The van der Waals surface area contributed by atoms with Gasteiger partial charge in [-0.25, -0.2) is 0 Å².